The highest BCUT2D eigenvalue weighted by Gasteiger charge is 2.51. The molecule has 3 aromatic carbocycles. The van der Waals surface area contributed by atoms with E-state index in [9.17, 15) is 14.9 Å². The molecule has 378 valence electrons. The maximum absolute atomic E-state index is 16.2. The molecule has 5 aromatic rings. The summed E-state index contributed by atoms with van der Waals surface area (Å²) in [6.07, 6.45) is 9.39. The summed E-state index contributed by atoms with van der Waals surface area (Å²) in [6.45, 7) is 7.65. The van der Waals surface area contributed by atoms with Crippen molar-refractivity contribution in [3.63, 3.8) is 0 Å². The van der Waals surface area contributed by atoms with Crippen molar-refractivity contribution in [2.75, 3.05) is 80.8 Å². The average Bonchev–Trinajstić information content (AvgIpc) is 4.20. The van der Waals surface area contributed by atoms with Crippen LogP contribution >= 0.6 is 0 Å². The molecule has 1 amide bonds. The van der Waals surface area contributed by atoms with Gasteiger partial charge >= 0.3 is 0 Å². The van der Waals surface area contributed by atoms with E-state index in [-0.39, 0.29) is 87.1 Å². The van der Waals surface area contributed by atoms with Crippen LogP contribution in [0.2, 0.25) is 0 Å². The number of benzene rings is 3. The number of rotatable bonds is 10. The first-order valence-corrected chi connectivity index (χ1v) is 27.2. The zero-order valence-corrected chi connectivity index (χ0v) is 41.3. The number of aromatic nitrogens is 2. The monoisotopic (exact) mass is 999 g/mol. The zero-order chi connectivity index (χ0) is 49.0. The highest BCUT2D eigenvalue weighted by atomic mass is 32.2. The van der Waals surface area contributed by atoms with E-state index in [1.807, 2.05) is 17.0 Å². The summed E-state index contributed by atoms with van der Waals surface area (Å²) < 4.78 is 57.1. The van der Waals surface area contributed by atoms with Crippen LogP contribution in [0.25, 0.3) is 11.0 Å². The number of carbonyl (C=O) groups excluding carboxylic acids is 1. The Morgan fingerprint density at radius 2 is 1.83 bits per heavy atom. The number of anilines is 4. The van der Waals surface area contributed by atoms with Gasteiger partial charge in [0.2, 0.25) is 15.7 Å². The summed E-state index contributed by atoms with van der Waals surface area (Å²) in [5.74, 6) is -0.743. The Morgan fingerprint density at radius 3 is 2.61 bits per heavy atom. The van der Waals surface area contributed by atoms with Crippen molar-refractivity contribution in [1.82, 2.24) is 19.8 Å². The number of amides is 1. The molecule has 0 radical (unpaired) electrons. The van der Waals surface area contributed by atoms with Crippen molar-refractivity contribution in [2.24, 2.45) is 17.1 Å². The number of likely N-dealkylation sites (tertiary alicyclic amines) is 2. The van der Waals surface area contributed by atoms with Crippen LogP contribution in [0.1, 0.15) is 78.9 Å². The predicted octanol–water partition coefficient (Wildman–Crippen LogP) is 6.88. The molecule has 13 rings (SSSR count). The van der Waals surface area contributed by atoms with Gasteiger partial charge in [-0.15, -0.1) is 0 Å². The minimum atomic E-state index is -4.76. The third-order valence-electron chi connectivity index (χ3n) is 17.4. The van der Waals surface area contributed by atoms with Crippen LogP contribution < -0.4 is 30.3 Å². The highest BCUT2D eigenvalue weighted by Crippen LogP contribution is 2.56. The molecule has 2 bridgehead atoms. The molecule has 6 atom stereocenters. The predicted molar refractivity (Wildman–Crippen MR) is 269 cm³/mol. The normalized spacial score (nSPS) is 27.1. The summed E-state index contributed by atoms with van der Waals surface area (Å²) in [6, 6.07) is 19.2. The van der Waals surface area contributed by atoms with Gasteiger partial charge in [0.05, 0.1) is 58.7 Å². The Bertz CT molecular complexity index is 3100. The maximum atomic E-state index is 16.2. The van der Waals surface area contributed by atoms with Gasteiger partial charge in [-0.3, -0.25) is 24.7 Å². The van der Waals surface area contributed by atoms with Crippen molar-refractivity contribution in [2.45, 2.75) is 104 Å². The second-order valence-electron chi connectivity index (χ2n) is 21.6. The molecule has 5 saturated heterocycles. The maximum Gasteiger partial charge on any atom is 0.297 e. The quantitative estimate of drug-likeness (QED) is 0.0962. The minimum absolute atomic E-state index is 0.0222. The standard InChI is InChI=1S/C53H61N9O9S/c1-31-5-2-3-6-39(31)41-7-4-15-60(41)36-23-53(24-36)12-16-58(17-13-53)42-9-8-40(50(54)63)48(61-25-33-28-68-18-11-45(33)71-52-44(61)19-32-10-14-55-51(32)57-52)49(42)72(66,67)38-21-43(62(64)65)47-46(22-38)70-29-34(56-47)26-59-27-37-20-35(59)30-69-37/h2-3,5-6,8-10,14,19,21-22,33-37,41,45,56H,4,7,11-13,15-18,20,23-30H2,1H3,(H2,54,63)(H,55,57)/t33-,34+,35-,37-,41+,45-/m1/s1. The number of nitro groups is 1. The zero-order valence-electron chi connectivity index (χ0n) is 40.5. The number of piperidine rings is 1. The number of morpholine rings is 1. The first-order chi connectivity index (χ1) is 34.9. The molecular formula is C53H61N9O9S. The lowest BCUT2D eigenvalue weighted by molar-refractivity contribution is -0.384. The van der Waals surface area contributed by atoms with Gasteiger partial charge in [-0.1, -0.05) is 24.3 Å². The van der Waals surface area contributed by atoms with E-state index in [0.717, 1.165) is 63.1 Å². The number of carbonyl (C=O) groups is 1. The van der Waals surface area contributed by atoms with E-state index < -0.39 is 26.4 Å². The Labute approximate surface area is 418 Å². The number of nitrogens with two attached hydrogens (primary N) is 1. The topological polar surface area (TPSA) is 211 Å². The van der Waals surface area contributed by atoms with E-state index >= 15 is 8.42 Å². The van der Waals surface area contributed by atoms with Crippen LogP contribution in [0.3, 0.4) is 0 Å². The van der Waals surface area contributed by atoms with Crippen LogP contribution in [0.15, 0.2) is 76.7 Å². The van der Waals surface area contributed by atoms with E-state index in [1.165, 1.54) is 23.6 Å². The van der Waals surface area contributed by atoms with Gasteiger partial charge in [0.15, 0.2) is 11.4 Å². The molecule has 1 saturated carbocycles. The molecule has 1 aliphatic carbocycles. The van der Waals surface area contributed by atoms with Gasteiger partial charge in [0.1, 0.15) is 28.9 Å². The number of pyridine rings is 1. The van der Waals surface area contributed by atoms with Crippen molar-refractivity contribution >= 4 is 55.2 Å². The van der Waals surface area contributed by atoms with Crippen LogP contribution in [0.4, 0.5) is 28.4 Å². The lowest BCUT2D eigenvalue weighted by Gasteiger charge is -2.56. The number of fused-ring (bicyclic) bond motifs is 6. The average molecular weight is 1000 g/mol. The number of nitro benzene ring substituents is 1. The van der Waals surface area contributed by atoms with Gasteiger partial charge < -0.3 is 44.8 Å². The third-order valence-corrected chi connectivity index (χ3v) is 19.2. The first-order valence-electron chi connectivity index (χ1n) is 25.8. The molecule has 18 nitrogen and oxygen atoms in total. The van der Waals surface area contributed by atoms with Crippen LogP contribution in [-0.2, 0) is 19.3 Å². The van der Waals surface area contributed by atoms with Crippen LogP contribution in [0.5, 0.6) is 11.6 Å². The number of nitrogens with zero attached hydrogens (tertiary/aromatic N) is 6. The third kappa shape index (κ3) is 7.76. The highest BCUT2D eigenvalue weighted by molar-refractivity contribution is 7.91. The van der Waals surface area contributed by atoms with Crippen LogP contribution in [0, 0.1) is 28.4 Å². The van der Waals surface area contributed by atoms with Crippen molar-refractivity contribution in [1.29, 1.82) is 0 Å². The van der Waals surface area contributed by atoms with Crippen molar-refractivity contribution < 1.29 is 37.1 Å². The molecule has 0 unspecified atom stereocenters. The molecule has 9 heterocycles. The first kappa shape index (κ1) is 45.8. The molecule has 8 aliphatic rings. The SMILES string of the molecule is Cc1ccccc1[C@@H]1CCCN1C1CC2(CCN(c3ccc(C(N)=O)c(N4C[C@@H]5COCC[C@H]5Oc5nc6[nH]ccc6cc54)c3S(=O)(=O)c3cc4c(c([N+](=O)[O-])c3)N[C@@H](CN3C[C@H]5C[C@@H]3CO5)CO4)CC2)C1. The Morgan fingerprint density at radius 1 is 0.986 bits per heavy atom. The molecular weight excluding hydrogens is 939 g/mol. The summed E-state index contributed by atoms with van der Waals surface area (Å²) >= 11 is 0. The van der Waals surface area contributed by atoms with E-state index in [4.69, 9.17) is 29.7 Å². The summed E-state index contributed by atoms with van der Waals surface area (Å²) in [5, 5.41) is 17.2. The Balaban J connectivity index is 0.896. The number of hydrogen-bond acceptors (Lipinski definition) is 15. The van der Waals surface area contributed by atoms with Gasteiger partial charge in [0.25, 0.3) is 11.6 Å². The molecule has 6 fully saturated rings. The molecule has 2 aromatic heterocycles. The number of hydrogen-bond donors (Lipinski definition) is 3. The molecule has 4 N–H and O–H groups in total. The second kappa shape index (κ2) is 17.6. The molecule has 1 spiro atoms. The van der Waals surface area contributed by atoms with Crippen LogP contribution in [-0.4, -0.2) is 135 Å². The summed E-state index contributed by atoms with van der Waals surface area (Å²) in [5.41, 5.74) is 10.4. The van der Waals surface area contributed by atoms with Crippen molar-refractivity contribution in [3.05, 3.63) is 93.7 Å². The van der Waals surface area contributed by atoms with E-state index in [2.05, 4.69) is 56.2 Å². The number of sulfone groups is 1. The van der Waals surface area contributed by atoms with E-state index in [1.54, 1.807) is 18.3 Å². The lowest BCUT2D eigenvalue weighted by atomic mass is 9.59. The fraction of sp³-hybridized carbons (Fsp3) is 0.509. The summed E-state index contributed by atoms with van der Waals surface area (Å²) in [7, 11) is -4.76. The Kier molecular flexibility index (Phi) is 11.2. The fourth-order valence-corrected chi connectivity index (χ4v) is 15.4. The lowest BCUT2D eigenvalue weighted by Crippen LogP contribution is -2.55. The second-order valence-corrected chi connectivity index (χ2v) is 23.5. The summed E-state index contributed by atoms with van der Waals surface area (Å²) in [4.78, 5) is 43.0. The number of aryl methyl sites for hydroxylation is 1. The largest absolute Gasteiger partial charge is 0.489 e. The number of aromatic amines is 1. The number of H-pyrrole nitrogens is 1. The minimum Gasteiger partial charge on any atom is -0.489 e. The number of nitrogens with one attached hydrogen (secondary N) is 2. The fourth-order valence-electron chi connectivity index (χ4n) is 13.7. The van der Waals surface area contributed by atoms with E-state index in [0.29, 0.717) is 75.0 Å². The number of ether oxygens (including phenoxy) is 4. The van der Waals surface area contributed by atoms with Gasteiger partial charge in [-0.25, -0.2) is 8.42 Å². The van der Waals surface area contributed by atoms with Gasteiger partial charge in [-0.2, -0.15) is 4.98 Å². The van der Waals surface area contributed by atoms with Gasteiger partial charge in [0, 0.05) is 86.9 Å². The Hall–Kier alpha value is -5.99. The molecule has 72 heavy (non-hydrogen) atoms. The molecule has 19 heteroatoms. The smallest absolute Gasteiger partial charge is 0.297 e. The van der Waals surface area contributed by atoms with Gasteiger partial charge in [-0.05, 0) is 99.2 Å². The molecule has 7 aliphatic heterocycles. The number of primary amides is 1. The van der Waals surface area contributed by atoms with Crippen molar-refractivity contribution in [3.8, 4) is 11.6 Å².